The molecule has 2 heterocycles. The van der Waals surface area contributed by atoms with Gasteiger partial charge in [0.2, 0.25) is 0 Å². The average Bonchev–Trinajstić information content (AvgIpc) is 2.80. The number of hydrogen-bond acceptors (Lipinski definition) is 3. The normalized spacial score (nSPS) is 10.5. The Labute approximate surface area is 92.4 Å². The van der Waals surface area contributed by atoms with Crippen molar-refractivity contribution in [3.05, 3.63) is 48.9 Å². The molecule has 2 N–H and O–H groups in total. The van der Waals surface area contributed by atoms with Crippen LogP contribution in [0.3, 0.4) is 0 Å². The van der Waals surface area contributed by atoms with Crippen LogP contribution >= 0.6 is 0 Å². The number of benzene rings is 1. The van der Waals surface area contributed by atoms with E-state index >= 15 is 0 Å². The molecule has 0 amide bonds. The number of pyridine rings is 1. The molecule has 0 aliphatic carbocycles. The third-order valence-corrected chi connectivity index (χ3v) is 2.37. The van der Waals surface area contributed by atoms with Gasteiger partial charge >= 0.3 is 0 Å². The molecule has 3 rings (SSSR count). The van der Waals surface area contributed by atoms with E-state index in [4.69, 9.17) is 0 Å². The molecular weight excluding hydrogens is 200 g/mol. The van der Waals surface area contributed by atoms with E-state index in [0.717, 1.165) is 22.5 Å². The molecule has 4 nitrogen and oxygen atoms in total. The van der Waals surface area contributed by atoms with Crippen LogP contribution in [0, 0.1) is 0 Å². The molecule has 2 aromatic heterocycles. The van der Waals surface area contributed by atoms with Gasteiger partial charge in [-0.05, 0) is 18.2 Å². The second kappa shape index (κ2) is 3.66. The molecule has 0 fully saturated rings. The van der Waals surface area contributed by atoms with Crippen LogP contribution in [-0.2, 0) is 0 Å². The number of nitrogens with zero attached hydrogens (tertiary/aromatic N) is 2. The van der Waals surface area contributed by atoms with Gasteiger partial charge in [-0.1, -0.05) is 18.2 Å². The SMILES string of the molecule is c1ccc(Nc2ccnc3[nH]cnc23)cc1. The second-order valence-corrected chi connectivity index (χ2v) is 3.45. The minimum Gasteiger partial charge on any atom is -0.354 e. The first-order valence-corrected chi connectivity index (χ1v) is 5.03. The van der Waals surface area contributed by atoms with Crippen molar-refractivity contribution >= 4 is 22.5 Å². The lowest BCUT2D eigenvalue weighted by Crippen LogP contribution is -1.91. The van der Waals surface area contributed by atoms with E-state index in [1.54, 1.807) is 12.5 Å². The Morgan fingerprint density at radius 2 is 1.88 bits per heavy atom. The van der Waals surface area contributed by atoms with Gasteiger partial charge in [-0.2, -0.15) is 0 Å². The predicted octanol–water partition coefficient (Wildman–Crippen LogP) is 2.70. The summed E-state index contributed by atoms with van der Waals surface area (Å²) >= 11 is 0. The first-order valence-electron chi connectivity index (χ1n) is 5.03. The number of aromatic amines is 1. The van der Waals surface area contributed by atoms with Crippen LogP contribution in [0.5, 0.6) is 0 Å². The van der Waals surface area contributed by atoms with Crippen LogP contribution in [0.1, 0.15) is 0 Å². The molecule has 0 aliphatic heterocycles. The fourth-order valence-electron chi connectivity index (χ4n) is 1.63. The number of anilines is 2. The minimum atomic E-state index is 0.793. The number of para-hydroxylation sites is 1. The lowest BCUT2D eigenvalue weighted by molar-refractivity contribution is 1.30. The number of fused-ring (bicyclic) bond motifs is 1. The third-order valence-electron chi connectivity index (χ3n) is 2.37. The van der Waals surface area contributed by atoms with Crippen molar-refractivity contribution in [2.75, 3.05) is 5.32 Å². The number of aromatic nitrogens is 3. The van der Waals surface area contributed by atoms with Crippen molar-refractivity contribution < 1.29 is 0 Å². The maximum absolute atomic E-state index is 4.23. The van der Waals surface area contributed by atoms with Crippen molar-refractivity contribution in [3.63, 3.8) is 0 Å². The zero-order chi connectivity index (χ0) is 10.8. The summed E-state index contributed by atoms with van der Waals surface area (Å²) in [6.07, 6.45) is 3.40. The molecular formula is C12H10N4. The molecule has 0 aliphatic rings. The van der Waals surface area contributed by atoms with E-state index in [-0.39, 0.29) is 0 Å². The molecule has 0 radical (unpaired) electrons. The monoisotopic (exact) mass is 210 g/mol. The molecule has 0 bridgehead atoms. The van der Waals surface area contributed by atoms with Crippen molar-refractivity contribution in [2.24, 2.45) is 0 Å². The molecule has 0 spiro atoms. The summed E-state index contributed by atoms with van der Waals surface area (Å²) in [6.45, 7) is 0. The Morgan fingerprint density at radius 3 is 2.75 bits per heavy atom. The highest BCUT2D eigenvalue weighted by Gasteiger charge is 2.03. The fourth-order valence-corrected chi connectivity index (χ4v) is 1.63. The van der Waals surface area contributed by atoms with E-state index in [0.29, 0.717) is 0 Å². The van der Waals surface area contributed by atoms with Gasteiger partial charge in [0.15, 0.2) is 5.65 Å². The van der Waals surface area contributed by atoms with E-state index in [2.05, 4.69) is 20.3 Å². The van der Waals surface area contributed by atoms with Gasteiger partial charge in [0, 0.05) is 11.9 Å². The summed E-state index contributed by atoms with van der Waals surface area (Å²) in [6, 6.07) is 11.9. The minimum absolute atomic E-state index is 0.793. The lowest BCUT2D eigenvalue weighted by atomic mass is 10.3. The molecule has 4 heteroatoms. The van der Waals surface area contributed by atoms with Crippen molar-refractivity contribution in [1.29, 1.82) is 0 Å². The van der Waals surface area contributed by atoms with Crippen LogP contribution in [0.2, 0.25) is 0 Å². The Kier molecular flexibility index (Phi) is 2.04. The number of rotatable bonds is 2. The Morgan fingerprint density at radius 1 is 1.00 bits per heavy atom. The van der Waals surface area contributed by atoms with Crippen LogP contribution in [0.15, 0.2) is 48.9 Å². The summed E-state index contributed by atoms with van der Waals surface area (Å²) < 4.78 is 0. The number of nitrogens with one attached hydrogen (secondary N) is 2. The highest BCUT2D eigenvalue weighted by Crippen LogP contribution is 2.21. The molecule has 0 saturated carbocycles. The van der Waals surface area contributed by atoms with Crippen LogP contribution in [0.25, 0.3) is 11.2 Å². The van der Waals surface area contributed by atoms with Gasteiger partial charge in [0.25, 0.3) is 0 Å². The standard InChI is InChI=1S/C12H10N4/c1-2-4-9(5-3-1)16-10-6-7-13-12-11(10)14-8-15-12/h1-8H,(H2,13,14,15,16). The van der Waals surface area contributed by atoms with E-state index in [1.807, 2.05) is 36.4 Å². The quantitative estimate of drug-likeness (QED) is 0.683. The predicted molar refractivity (Wildman–Crippen MR) is 63.6 cm³/mol. The molecule has 78 valence electrons. The van der Waals surface area contributed by atoms with Crippen LogP contribution < -0.4 is 5.32 Å². The Balaban J connectivity index is 2.04. The topological polar surface area (TPSA) is 53.6 Å². The molecule has 16 heavy (non-hydrogen) atoms. The van der Waals surface area contributed by atoms with Crippen LogP contribution in [0.4, 0.5) is 11.4 Å². The van der Waals surface area contributed by atoms with Gasteiger partial charge in [-0.3, -0.25) is 0 Å². The maximum Gasteiger partial charge on any atom is 0.159 e. The van der Waals surface area contributed by atoms with Crippen molar-refractivity contribution in [1.82, 2.24) is 15.0 Å². The van der Waals surface area contributed by atoms with Gasteiger partial charge in [-0.25, -0.2) is 9.97 Å². The molecule has 0 saturated heterocycles. The Bertz CT molecular complexity index is 600. The van der Waals surface area contributed by atoms with Gasteiger partial charge in [-0.15, -0.1) is 0 Å². The largest absolute Gasteiger partial charge is 0.354 e. The molecule has 0 unspecified atom stereocenters. The van der Waals surface area contributed by atoms with E-state index < -0.39 is 0 Å². The summed E-state index contributed by atoms with van der Waals surface area (Å²) in [5.74, 6) is 0. The van der Waals surface area contributed by atoms with Gasteiger partial charge < -0.3 is 10.3 Å². The summed E-state index contributed by atoms with van der Waals surface area (Å²) in [5, 5.41) is 3.31. The second-order valence-electron chi connectivity index (χ2n) is 3.45. The highest BCUT2D eigenvalue weighted by atomic mass is 15.0. The third kappa shape index (κ3) is 1.50. The first-order chi connectivity index (χ1) is 7.93. The molecule has 3 aromatic rings. The number of H-pyrrole nitrogens is 1. The Hall–Kier alpha value is -2.36. The summed E-state index contributed by atoms with van der Waals surface area (Å²) in [4.78, 5) is 11.4. The maximum atomic E-state index is 4.23. The lowest BCUT2D eigenvalue weighted by Gasteiger charge is -2.05. The summed E-state index contributed by atoms with van der Waals surface area (Å²) in [7, 11) is 0. The zero-order valence-electron chi connectivity index (χ0n) is 8.51. The number of hydrogen-bond donors (Lipinski definition) is 2. The van der Waals surface area contributed by atoms with Gasteiger partial charge in [0.1, 0.15) is 5.52 Å². The van der Waals surface area contributed by atoms with Gasteiger partial charge in [0.05, 0.1) is 12.0 Å². The van der Waals surface area contributed by atoms with Crippen molar-refractivity contribution in [3.8, 4) is 0 Å². The van der Waals surface area contributed by atoms with Crippen molar-refractivity contribution in [2.45, 2.75) is 0 Å². The fraction of sp³-hybridized carbons (Fsp3) is 0. The average molecular weight is 210 g/mol. The summed E-state index contributed by atoms with van der Waals surface area (Å²) in [5.41, 5.74) is 3.64. The molecule has 1 aromatic carbocycles. The van der Waals surface area contributed by atoms with E-state index in [9.17, 15) is 0 Å². The van der Waals surface area contributed by atoms with E-state index in [1.165, 1.54) is 0 Å². The first kappa shape index (κ1) is 8.91. The van der Waals surface area contributed by atoms with Crippen LogP contribution in [-0.4, -0.2) is 15.0 Å². The smallest absolute Gasteiger partial charge is 0.159 e. The number of imidazole rings is 1. The highest BCUT2D eigenvalue weighted by molar-refractivity contribution is 5.87. The molecule has 0 atom stereocenters. The zero-order valence-corrected chi connectivity index (χ0v) is 8.51.